The van der Waals surface area contributed by atoms with Crippen molar-refractivity contribution in [2.75, 3.05) is 0 Å². The van der Waals surface area contributed by atoms with Gasteiger partial charge in [0.05, 0.1) is 6.20 Å². The van der Waals surface area contributed by atoms with E-state index in [0.29, 0.717) is 11.4 Å². The Morgan fingerprint density at radius 3 is 2.67 bits per heavy atom. The third-order valence-electron chi connectivity index (χ3n) is 2.28. The fourth-order valence-electron chi connectivity index (χ4n) is 1.50. The zero-order valence-electron chi connectivity index (χ0n) is 8.53. The van der Waals surface area contributed by atoms with Crippen molar-refractivity contribution in [3.8, 4) is 17.3 Å². The molecule has 3 nitrogen and oxygen atoms in total. The third kappa shape index (κ3) is 1.70. The van der Waals surface area contributed by atoms with Gasteiger partial charge in [0.1, 0.15) is 11.6 Å². The van der Waals surface area contributed by atoms with Crippen LogP contribution in [0.2, 0.25) is 0 Å². The molecule has 0 amide bonds. The van der Waals surface area contributed by atoms with E-state index in [-0.39, 0.29) is 11.7 Å². The molecule has 0 aliphatic rings. The van der Waals surface area contributed by atoms with Crippen molar-refractivity contribution in [1.82, 2.24) is 9.55 Å². The summed E-state index contributed by atoms with van der Waals surface area (Å²) in [4.78, 5) is 3.95. The SMILES string of the molecule is Cc1cc(-c2nc(O)cn2C)ccc1F. The maximum Gasteiger partial charge on any atom is 0.229 e. The minimum absolute atomic E-state index is 0.0329. The fourth-order valence-corrected chi connectivity index (χ4v) is 1.50. The van der Waals surface area contributed by atoms with Gasteiger partial charge in [-0.1, -0.05) is 0 Å². The first kappa shape index (κ1) is 9.71. The molecule has 0 saturated carbocycles. The van der Waals surface area contributed by atoms with Gasteiger partial charge in [0.2, 0.25) is 5.88 Å². The Bertz CT molecular complexity index is 505. The molecule has 78 valence electrons. The van der Waals surface area contributed by atoms with E-state index < -0.39 is 0 Å². The number of aromatic nitrogens is 2. The van der Waals surface area contributed by atoms with Crippen molar-refractivity contribution in [3.63, 3.8) is 0 Å². The maximum absolute atomic E-state index is 13.0. The first-order valence-corrected chi connectivity index (χ1v) is 4.57. The van der Waals surface area contributed by atoms with E-state index >= 15 is 0 Å². The van der Waals surface area contributed by atoms with Crippen LogP contribution in [0.15, 0.2) is 24.4 Å². The number of halogens is 1. The van der Waals surface area contributed by atoms with Gasteiger partial charge in [0, 0.05) is 12.6 Å². The summed E-state index contributed by atoms with van der Waals surface area (Å²) >= 11 is 0. The number of aryl methyl sites for hydroxylation is 2. The molecule has 2 rings (SSSR count). The first-order chi connectivity index (χ1) is 7.08. The Morgan fingerprint density at radius 1 is 1.40 bits per heavy atom. The average Bonchev–Trinajstić information content (AvgIpc) is 2.50. The molecule has 0 spiro atoms. The largest absolute Gasteiger partial charge is 0.492 e. The highest BCUT2D eigenvalue weighted by atomic mass is 19.1. The lowest BCUT2D eigenvalue weighted by Crippen LogP contribution is -1.92. The fraction of sp³-hybridized carbons (Fsp3) is 0.182. The van der Waals surface area contributed by atoms with Crippen LogP contribution in [-0.2, 0) is 7.05 Å². The third-order valence-corrected chi connectivity index (χ3v) is 2.28. The van der Waals surface area contributed by atoms with Crippen LogP contribution in [0.3, 0.4) is 0 Å². The van der Waals surface area contributed by atoms with E-state index in [1.807, 2.05) is 0 Å². The monoisotopic (exact) mass is 206 g/mol. The minimum atomic E-state index is -0.239. The molecule has 0 saturated heterocycles. The Morgan fingerprint density at radius 2 is 2.13 bits per heavy atom. The zero-order chi connectivity index (χ0) is 11.0. The molecule has 15 heavy (non-hydrogen) atoms. The second kappa shape index (κ2) is 3.38. The summed E-state index contributed by atoms with van der Waals surface area (Å²) in [5.41, 5.74) is 1.35. The Kier molecular flexibility index (Phi) is 2.19. The molecule has 1 N–H and O–H groups in total. The van der Waals surface area contributed by atoms with E-state index in [2.05, 4.69) is 4.98 Å². The molecule has 1 aromatic heterocycles. The quantitative estimate of drug-likeness (QED) is 0.777. The van der Waals surface area contributed by atoms with Crippen LogP contribution in [-0.4, -0.2) is 14.7 Å². The zero-order valence-corrected chi connectivity index (χ0v) is 8.53. The van der Waals surface area contributed by atoms with Gasteiger partial charge in [0.15, 0.2) is 0 Å². The van der Waals surface area contributed by atoms with Crippen LogP contribution in [0.4, 0.5) is 4.39 Å². The molecule has 0 unspecified atom stereocenters. The van der Waals surface area contributed by atoms with Crippen LogP contribution in [0.25, 0.3) is 11.4 Å². The predicted octanol–water partition coefficient (Wildman–Crippen LogP) is 2.24. The van der Waals surface area contributed by atoms with Crippen LogP contribution in [0.1, 0.15) is 5.56 Å². The van der Waals surface area contributed by atoms with Gasteiger partial charge in [0.25, 0.3) is 0 Å². The molecular formula is C11H11FN2O. The molecule has 0 aliphatic heterocycles. The lowest BCUT2D eigenvalue weighted by molar-refractivity contribution is 0.456. The van der Waals surface area contributed by atoms with Gasteiger partial charge >= 0.3 is 0 Å². The van der Waals surface area contributed by atoms with Gasteiger partial charge in [-0.2, -0.15) is 4.98 Å². The standard InChI is InChI=1S/C11H11FN2O/c1-7-5-8(3-4-9(7)12)11-13-10(15)6-14(11)2/h3-6,15H,1-2H3. The normalized spacial score (nSPS) is 10.6. The van der Waals surface area contributed by atoms with Crippen molar-refractivity contribution in [1.29, 1.82) is 0 Å². The molecular weight excluding hydrogens is 195 g/mol. The van der Waals surface area contributed by atoms with Crippen LogP contribution < -0.4 is 0 Å². The first-order valence-electron chi connectivity index (χ1n) is 4.57. The molecule has 0 aliphatic carbocycles. The summed E-state index contributed by atoms with van der Waals surface area (Å²) in [6.07, 6.45) is 1.51. The van der Waals surface area contributed by atoms with Crippen molar-refractivity contribution in [2.24, 2.45) is 7.05 Å². The molecule has 4 heteroatoms. The highest BCUT2D eigenvalue weighted by Gasteiger charge is 2.08. The van der Waals surface area contributed by atoms with Crippen LogP contribution in [0.5, 0.6) is 5.88 Å². The second-order valence-corrected chi connectivity index (χ2v) is 3.50. The lowest BCUT2D eigenvalue weighted by atomic mass is 10.1. The highest BCUT2D eigenvalue weighted by Crippen LogP contribution is 2.22. The number of imidazole rings is 1. The van der Waals surface area contributed by atoms with Crippen LogP contribution >= 0.6 is 0 Å². The predicted molar refractivity (Wildman–Crippen MR) is 55.0 cm³/mol. The number of hydrogen-bond donors (Lipinski definition) is 1. The highest BCUT2D eigenvalue weighted by molar-refractivity contribution is 5.57. The van der Waals surface area contributed by atoms with E-state index in [0.717, 1.165) is 5.56 Å². The number of benzene rings is 1. The topological polar surface area (TPSA) is 38.1 Å². The van der Waals surface area contributed by atoms with E-state index in [9.17, 15) is 9.50 Å². The summed E-state index contributed by atoms with van der Waals surface area (Å²) < 4.78 is 14.7. The molecule has 0 fully saturated rings. The van der Waals surface area contributed by atoms with E-state index in [4.69, 9.17) is 0 Å². The minimum Gasteiger partial charge on any atom is -0.492 e. The average molecular weight is 206 g/mol. The number of aromatic hydroxyl groups is 1. The van der Waals surface area contributed by atoms with Gasteiger partial charge in [-0.3, -0.25) is 0 Å². The Balaban J connectivity index is 2.54. The molecule has 1 heterocycles. The molecule has 0 atom stereocenters. The van der Waals surface area contributed by atoms with Crippen molar-refractivity contribution < 1.29 is 9.50 Å². The summed E-state index contributed by atoms with van der Waals surface area (Å²) in [7, 11) is 1.78. The number of rotatable bonds is 1. The molecule has 0 bridgehead atoms. The molecule has 2 aromatic rings. The van der Waals surface area contributed by atoms with E-state index in [1.54, 1.807) is 30.7 Å². The smallest absolute Gasteiger partial charge is 0.229 e. The number of nitrogens with zero attached hydrogens (tertiary/aromatic N) is 2. The molecule has 1 aromatic carbocycles. The summed E-state index contributed by atoms with van der Waals surface area (Å²) in [6.45, 7) is 1.70. The maximum atomic E-state index is 13.0. The lowest BCUT2D eigenvalue weighted by Gasteiger charge is -2.03. The van der Waals surface area contributed by atoms with Gasteiger partial charge in [-0.15, -0.1) is 0 Å². The molecule has 0 radical (unpaired) electrons. The second-order valence-electron chi connectivity index (χ2n) is 3.50. The summed E-state index contributed by atoms with van der Waals surface area (Å²) in [6, 6.07) is 4.75. The van der Waals surface area contributed by atoms with Crippen LogP contribution in [0, 0.1) is 12.7 Å². The van der Waals surface area contributed by atoms with Crippen molar-refractivity contribution in [2.45, 2.75) is 6.92 Å². The van der Waals surface area contributed by atoms with Gasteiger partial charge in [-0.05, 0) is 30.7 Å². The van der Waals surface area contributed by atoms with E-state index in [1.165, 1.54) is 12.3 Å². The summed E-state index contributed by atoms with van der Waals surface area (Å²) in [5, 5.41) is 9.21. The number of hydrogen-bond acceptors (Lipinski definition) is 2. The van der Waals surface area contributed by atoms with Crippen molar-refractivity contribution in [3.05, 3.63) is 35.8 Å². The summed E-state index contributed by atoms with van der Waals surface area (Å²) in [5.74, 6) is 0.349. The van der Waals surface area contributed by atoms with Gasteiger partial charge in [-0.25, -0.2) is 4.39 Å². The van der Waals surface area contributed by atoms with Gasteiger partial charge < -0.3 is 9.67 Å². The van der Waals surface area contributed by atoms with Crippen molar-refractivity contribution >= 4 is 0 Å². The Hall–Kier alpha value is -1.84. The Labute approximate surface area is 86.8 Å².